The Hall–Kier alpha value is -1.64. The molecule has 0 aliphatic heterocycles. The van der Waals surface area contributed by atoms with Crippen molar-refractivity contribution in [3.63, 3.8) is 0 Å². The Labute approximate surface area is 114 Å². The minimum absolute atomic E-state index is 0.626. The molecule has 0 saturated heterocycles. The molecular formula is C13H11N3S2. The Kier molecular flexibility index (Phi) is 4.13. The Morgan fingerprint density at radius 2 is 2.00 bits per heavy atom. The predicted octanol–water partition coefficient (Wildman–Crippen LogP) is 3.41. The summed E-state index contributed by atoms with van der Waals surface area (Å²) in [7, 11) is 0. The minimum Gasteiger partial charge on any atom is -0.397 e. The second kappa shape index (κ2) is 5.80. The second-order valence-corrected chi connectivity index (χ2v) is 5.39. The highest BCUT2D eigenvalue weighted by Crippen LogP contribution is 2.36. The molecule has 0 radical (unpaired) electrons. The molecule has 0 bridgehead atoms. The molecule has 2 N–H and O–H groups in total. The van der Waals surface area contributed by atoms with E-state index in [1.807, 2.05) is 30.5 Å². The van der Waals surface area contributed by atoms with Gasteiger partial charge in [-0.25, -0.2) is 0 Å². The van der Waals surface area contributed by atoms with Crippen molar-refractivity contribution in [2.24, 2.45) is 0 Å². The van der Waals surface area contributed by atoms with E-state index in [2.05, 4.69) is 11.1 Å². The Balaban J connectivity index is 2.42. The summed E-state index contributed by atoms with van der Waals surface area (Å²) < 4.78 is 0. The third-order valence-electron chi connectivity index (χ3n) is 2.35. The smallest absolute Gasteiger partial charge is 0.101 e. The molecule has 90 valence electrons. The first-order chi connectivity index (χ1) is 8.76. The van der Waals surface area contributed by atoms with E-state index in [1.54, 1.807) is 24.2 Å². The van der Waals surface area contributed by atoms with Gasteiger partial charge in [0.2, 0.25) is 0 Å². The van der Waals surface area contributed by atoms with Crippen molar-refractivity contribution in [2.45, 2.75) is 14.7 Å². The van der Waals surface area contributed by atoms with E-state index in [-0.39, 0.29) is 0 Å². The van der Waals surface area contributed by atoms with Crippen molar-refractivity contribution in [1.29, 1.82) is 5.26 Å². The van der Waals surface area contributed by atoms with Crippen molar-refractivity contribution in [3.8, 4) is 6.07 Å². The van der Waals surface area contributed by atoms with Crippen LogP contribution in [0.15, 0.2) is 51.3 Å². The maximum atomic E-state index is 9.26. The highest BCUT2D eigenvalue weighted by molar-refractivity contribution is 8.00. The van der Waals surface area contributed by atoms with Gasteiger partial charge in [-0.3, -0.25) is 4.98 Å². The number of hydrogen-bond donors (Lipinski definition) is 1. The van der Waals surface area contributed by atoms with Crippen LogP contribution in [0, 0.1) is 11.3 Å². The highest BCUT2D eigenvalue weighted by atomic mass is 32.2. The van der Waals surface area contributed by atoms with Crippen LogP contribution in [0.4, 0.5) is 5.69 Å². The number of rotatable bonds is 3. The molecule has 18 heavy (non-hydrogen) atoms. The van der Waals surface area contributed by atoms with Gasteiger partial charge < -0.3 is 5.73 Å². The summed E-state index contributed by atoms with van der Waals surface area (Å²) in [4.78, 5) is 6.77. The number of nitriles is 1. The summed E-state index contributed by atoms with van der Waals surface area (Å²) in [6.07, 6.45) is 5.28. The van der Waals surface area contributed by atoms with Crippen LogP contribution in [0.25, 0.3) is 0 Å². The van der Waals surface area contributed by atoms with E-state index in [0.29, 0.717) is 11.3 Å². The van der Waals surface area contributed by atoms with Crippen LogP contribution in [0.5, 0.6) is 0 Å². The molecule has 1 heterocycles. The standard InChI is InChI=1S/C13H11N3S2/c1-17-11-3-2-4-12(9(11)7-14)18-13-5-6-16-8-10(13)15/h2-6,8H,15H2,1H3. The van der Waals surface area contributed by atoms with Crippen LogP contribution in [-0.4, -0.2) is 11.2 Å². The lowest BCUT2D eigenvalue weighted by atomic mass is 10.2. The normalized spacial score (nSPS) is 10.0. The van der Waals surface area contributed by atoms with Crippen LogP contribution < -0.4 is 5.73 Å². The number of hydrogen-bond acceptors (Lipinski definition) is 5. The van der Waals surface area contributed by atoms with Crippen molar-refractivity contribution in [3.05, 3.63) is 42.2 Å². The van der Waals surface area contributed by atoms with Gasteiger partial charge in [-0.15, -0.1) is 11.8 Å². The zero-order valence-electron chi connectivity index (χ0n) is 9.75. The molecule has 0 aliphatic carbocycles. The fraction of sp³-hybridized carbons (Fsp3) is 0.0769. The van der Waals surface area contributed by atoms with Gasteiger partial charge in [0, 0.05) is 20.9 Å². The largest absolute Gasteiger partial charge is 0.397 e. The molecule has 1 aromatic heterocycles. The number of aromatic nitrogens is 1. The number of nitrogens with zero attached hydrogens (tertiary/aromatic N) is 2. The summed E-state index contributed by atoms with van der Waals surface area (Å²) >= 11 is 3.06. The number of pyridine rings is 1. The van der Waals surface area contributed by atoms with E-state index in [9.17, 15) is 5.26 Å². The zero-order valence-corrected chi connectivity index (χ0v) is 11.4. The monoisotopic (exact) mass is 273 g/mol. The molecule has 0 spiro atoms. The Bertz CT molecular complexity index is 605. The molecule has 2 rings (SSSR count). The van der Waals surface area contributed by atoms with Crippen LogP contribution in [0.3, 0.4) is 0 Å². The van der Waals surface area contributed by atoms with Crippen molar-refractivity contribution in [2.75, 3.05) is 12.0 Å². The molecule has 0 unspecified atom stereocenters. The van der Waals surface area contributed by atoms with Crippen LogP contribution in [0.1, 0.15) is 5.56 Å². The molecule has 5 heteroatoms. The molecule has 0 saturated carbocycles. The molecule has 0 atom stereocenters. The van der Waals surface area contributed by atoms with Gasteiger partial charge in [-0.2, -0.15) is 5.26 Å². The van der Waals surface area contributed by atoms with Crippen molar-refractivity contribution >= 4 is 29.2 Å². The van der Waals surface area contributed by atoms with Gasteiger partial charge in [-0.05, 0) is 24.5 Å². The minimum atomic E-state index is 0.626. The average Bonchev–Trinajstić information content (AvgIpc) is 2.41. The highest BCUT2D eigenvalue weighted by Gasteiger charge is 2.10. The maximum Gasteiger partial charge on any atom is 0.101 e. The van der Waals surface area contributed by atoms with Gasteiger partial charge in [0.25, 0.3) is 0 Å². The molecule has 0 amide bonds. The summed E-state index contributed by atoms with van der Waals surface area (Å²) in [5, 5.41) is 9.26. The second-order valence-electron chi connectivity index (χ2n) is 3.46. The van der Waals surface area contributed by atoms with Gasteiger partial charge in [0.05, 0.1) is 17.4 Å². The number of thioether (sulfide) groups is 1. The molecular weight excluding hydrogens is 262 g/mol. The maximum absolute atomic E-state index is 9.26. The van der Waals surface area contributed by atoms with Gasteiger partial charge >= 0.3 is 0 Å². The van der Waals surface area contributed by atoms with Crippen LogP contribution in [-0.2, 0) is 0 Å². The van der Waals surface area contributed by atoms with Crippen molar-refractivity contribution in [1.82, 2.24) is 4.98 Å². The summed E-state index contributed by atoms with van der Waals surface area (Å²) in [5.74, 6) is 0. The first-order valence-electron chi connectivity index (χ1n) is 5.20. The summed E-state index contributed by atoms with van der Waals surface area (Å²) in [5.41, 5.74) is 7.19. The van der Waals surface area contributed by atoms with Gasteiger partial charge in [0.15, 0.2) is 0 Å². The molecule has 0 aliphatic rings. The first kappa shape index (κ1) is 12.8. The lowest BCUT2D eigenvalue weighted by Gasteiger charge is -2.08. The van der Waals surface area contributed by atoms with E-state index in [1.165, 1.54) is 11.8 Å². The van der Waals surface area contributed by atoms with Gasteiger partial charge in [-0.1, -0.05) is 17.8 Å². The summed E-state index contributed by atoms with van der Waals surface area (Å²) in [6.45, 7) is 0. The molecule has 0 fully saturated rings. The van der Waals surface area contributed by atoms with Gasteiger partial charge in [0.1, 0.15) is 6.07 Å². The average molecular weight is 273 g/mol. The number of anilines is 1. The molecule has 1 aromatic carbocycles. The SMILES string of the molecule is CSc1cccc(Sc2ccncc2N)c1C#N. The zero-order chi connectivity index (χ0) is 13.0. The van der Waals surface area contributed by atoms with Crippen LogP contribution >= 0.6 is 23.5 Å². The third kappa shape index (κ3) is 2.61. The molecule has 2 aromatic rings. The first-order valence-corrected chi connectivity index (χ1v) is 7.25. The summed E-state index contributed by atoms with van der Waals surface area (Å²) in [6, 6.07) is 9.94. The number of nitrogens with two attached hydrogens (primary N) is 1. The third-order valence-corrected chi connectivity index (χ3v) is 4.28. The van der Waals surface area contributed by atoms with Crippen molar-refractivity contribution < 1.29 is 0 Å². The van der Waals surface area contributed by atoms with E-state index < -0.39 is 0 Å². The predicted molar refractivity (Wildman–Crippen MR) is 75.7 cm³/mol. The van der Waals surface area contributed by atoms with E-state index in [0.717, 1.165) is 14.7 Å². The van der Waals surface area contributed by atoms with E-state index in [4.69, 9.17) is 5.73 Å². The fourth-order valence-corrected chi connectivity index (χ4v) is 3.06. The lowest BCUT2D eigenvalue weighted by Crippen LogP contribution is -1.90. The Morgan fingerprint density at radius 1 is 1.22 bits per heavy atom. The topological polar surface area (TPSA) is 62.7 Å². The molecule has 3 nitrogen and oxygen atoms in total. The quantitative estimate of drug-likeness (QED) is 0.868. The fourth-order valence-electron chi connectivity index (χ4n) is 1.48. The number of benzene rings is 1. The Morgan fingerprint density at radius 3 is 2.67 bits per heavy atom. The van der Waals surface area contributed by atoms with Crippen LogP contribution in [0.2, 0.25) is 0 Å². The number of nitrogen functional groups attached to an aromatic ring is 1. The lowest BCUT2D eigenvalue weighted by molar-refractivity contribution is 1.24. The van der Waals surface area contributed by atoms with E-state index >= 15 is 0 Å².